The number of ketones is 1. The summed E-state index contributed by atoms with van der Waals surface area (Å²) in [6.07, 6.45) is 20.7. The molecule has 0 amide bonds. The number of carbonyl (C=O) groups is 1. The second-order valence-electron chi connectivity index (χ2n) is 13.9. The molecule has 0 spiro atoms. The normalized spacial score (nSPS) is 41.2. The van der Waals surface area contributed by atoms with Gasteiger partial charge < -0.3 is 0 Å². The highest BCUT2D eigenvalue weighted by Gasteiger charge is 2.59. The van der Waals surface area contributed by atoms with E-state index in [-0.39, 0.29) is 0 Å². The molecule has 188 valence electrons. The maximum absolute atomic E-state index is 12.3. The van der Waals surface area contributed by atoms with E-state index in [1.807, 2.05) is 0 Å². The van der Waals surface area contributed by atoms with Crippen LogP contribution in [0.2, 0.25) is 0 Å². The maximum Gasteiger partial charge on any atom is 0.133 e. The molecule has 4 aliphatic rings. The highest BCUT2D eigenvalue weighted by atomic mass is 16.1. The molecule has 1 nitrogen and oxygen atoms in total. The minimum Gasteiger partial charge on any atom is -0.300 e. The van der Waals surface area contributed by atoms with Crippen LogP contribution in [0.3, 0.4) is 0 Å². The molecule has 8 atom stereocenters. The molecule has 4 rings (SSSR count). The van der Waals surface area contributed by atoms with Gasteiger partial charge in [-0.15, -0.1) is 0 Å². The Bertz CT molecular complexity index is 718. The highest BCUT2D eigenvalue weighted by Crippen LogP contribution is 2.67. The first kappa shape index (κ1) is 25.5. The lowest BCUT2D eigenvalue weighted by atomic mass is 9.46. The first-order valence-corrected chi connectivity index (χ1v) is 14.9. The summed E-state index contributed by atoms with van der Waals surface area (Å²) in [7, 11) is 0. The Morgan fingerprint density at radius 1 is 1.03 bits per heavy atom. The number of allylic oxidation sites excluding steroid dienone is 2. The number of fused-ring (bicyclic) bond motifs is 5. The van der Waals surface area contributed by atoms with E-state index >= 15 is 0 Å². The summed E-state index contributed by atoms with van der Waals surface area (Å²) in [6.45, 7) is 14.8. The van der Waals surface area contributed by atoms with E-state index in [1.54, 1.807) is 5.57 Å². The lowest BCUT2D eigenvalue weighted by molar-refractivity contribution is -0.120. The zero-order valence-corrected chi connectivity index (χ0v) is 22.9. The Hall–Kier alpha value is -0.590. The third-order valence-electron chi connectivity index (χ3n) is 11.5. The second-order valence-corrected chi connectivity index (χ2v) is 13.9. The van der Waals surface area contributed by atoms with Crippen molar-refractivity contribution in [3.05, 3.63) is 11.6 Å². The van der Waals surface area contributed by atoms with E-state index in [1.165, 1.54) is 70.6 Å². The number of Topliss-reactive ketones (excluding diaryl/α,β-unsaturated/α-hetero) is 1. The van der Waals surface area contributed by atoms with Crippen molar-refractivity contribution < 1.29 is 4.79 Å². The Kier molecular flexibility index (Phi) is 7.87. The number of hydrogen-bond donors (Lipinski definition) is 0. The second kappa shape index (κ2) is 10.2. The van der Waals surface area contributed by atoms with Gasteiger partial charge in [0.05, 0.1) is 0 Å². The van der Waals surface area contributed by atoms with Gasteiger partial charge in [0, 0.05) is 12.8 Å². The van der Waals surface area contributed by atoms with Gasteiger partial charge in [0.1, 0.15) is 5.78 Å². The van der Waals surface area contributed by atoms with Gasteiger partial charge in [0.25, 0.3) is 0 Å². The zero-order valence-electron chi connectivity index (χ0n) is 22.9. The summed E-state index contributed by atoms with van der Waals surface area (Å²) in [5.41, 5.74) is 2.77. The predicted molar refractivity (Wildman–Crippen MR) is 141 cm³/mol. The van der Waals surface area contributed by atoms with E-state index in [4.69, 9.17) is 0 Å². The average Bonchev–Trinajstić information content (AvgIpc) is 3.11. The molecule has 1 heteroatoms. The van der Waals surface area contributed by atoms with Gasteiger partial charge in [0.15, 0.2) is 0 Å². The van der Waals surface area contributed by atoms with Gasteiger partial charge in [0.2, 0.25) is 0 Å². The standard InChI is InChI=1S/C32H54O/c1-7-9-26(33)21-24-16-18-31(5)25(20-24)12-13-27-29-15-14-28(23(4)11-8-10-22(2)3)32(29,6)19-17-30(27)31/h12,22-24,27-30H,7-11,13-21H2,1-6H3/t23-,24+,27-,28?,29+,30?,31?,32?/m1/s1. The van der Waals surface area contributed by atoms with Crippen molar-refractivity contribution in [3.8, 4) is 0 Å². The molecule has 3 fully saturated rings. The summed E-state index contributed by atoms with van der Waals surface area (Å²) < 4.78 is 0. The van der Waals surface area contributed by atoms with Gasteiger partial charge in [-0.25, -0.2) is 0 Å². The van der Waals surface area contributed by atoms with Crippen LogP contribution in [0.15, 0.2) is 11.6 Å². The van der Waals surface area contributed by atoms with Crippen molar-refractivity contribution in [1.82, 2.24) is 0 Å². The summed E-state index contributed by atoms with van der Waals surface area (Å²) >= 11 is 0. The van der Waals surface area contributed by atoms with Crippen LogP contribution in [0.1, 0.15) is 131 Å². The summed E-state index contributed by atoms with van der Waals surface area (Å²) in [5.74, 6) is 6.60. The van der Waals surface area contributed by atoms with E-state index < -0.39 is 0 Å². The van der Waals surface area contributed by atoms with E-state index in [0.29, 0.717) is 22.5 Å². The van der Waals surface area contributed by atoms with Gasteiger partial charge in [-0.05, 0) is 110 Å². The monoisotopic (exact) mass is 454 g/mol. The smallest absolute Gasteiger partial charge is 0.133 e. The molecule has 4 aliphatic carbocycles. The fraction of sp³-hybridized carbons (Fsp3) is 0.906. The molecule has 0 radical (unpaired) electrons. The Morgan fingerprint density at radius 2 is 1.82 bits per heavy atom. The molecule has 0 aliphatic heterocycles. The molecule has 0 bridgehead atoms. The minimum absolute atomic E-state index is 0.426. The highest BCUT2D eigenvalue weighted by molar-refractivity contribution is 5.78. The van der Waals surface area contributed by atoms with Crippen LogP contribution in [0.4, 0.5) is 0 Å². The SMILES string of the molecule is CCCC(=O)C[C@H]1CCC2(C)C(=CC[C@H]3C2CCC2(C)C([C@H](C)CCCC(C)C)CC[C@@H]32)C1. The van der Waals surface area contributed by atoms with Crippen molar-refractivity contribution in [2.45, 2.75) is 131 Å². The van der Waals surface area contributed by atoms with Gasteiger partial charge >= 0.3 is 0 Å². The predicted octanol–water partition coefficient (Wildman–Crippen LogP) is 9.40. The maximum atomic E-state index is 12.3. The number of hydrogen-bond acceptors (Lipinski definition) is 1. The van der Waals surface area contributed by atoms with Gasteiger partial charge in [-0.1, -0.05) is 72.5 Å². The van der Waals surface area contributed by atoms with Crippen LogP contribution in [0, 0.1) is 52.3 Å². The van der Waals surface area contributed by atoms with Crippen LogP contribution in [-0.2, 0) is 4.79 Å². The van der Waals surface area contributed by atoms with E-state index in [0.717, 1.165) is 54.8 Å². The molecular weight excluding hydrogens is 400 g/mol. The Morgan fingerprint density at radius 3 is 2.55 bits per heavy atom. The first-order chi connectivity index (χ1) is 15.7. The van der Waals surface area contributed by atoms with Crippen LogP contribution < -0.4 is 0 Å². The third kappa shape index (κ3) is 4.91. The average molecular weight is 455 g/mol. The Balaban J connectivity index is 1.43. The number of rotatable bonds is 9. The molecule has 0 aromatic rings. The van der Waals surface area contributed by atoms with E-state index in [9.17, 15) is 4.79 Å². The molecule has 0 aromatic heterocycles. The quantitative estimate of drug-likeness (QED) is 0.317. The third-order valence-corrected chi connectivity index (χ3v) is 11.5. The van der Waals surface area contributed by atoms with Crippen LogP contribution in [-0.4, -0.2) is 5.78 Å². The number of carbonyl (C=O) groups excluding carboxylic acids is 1. The molecular formula is C32H54O. The molecule has 0 heterocycles. The largest absolute Gasteiger partial charge is 0.300 e. The van der Waals surface area contributed by atoms with Crippen LogP contribution in [0.25, 0.3) is 0 Å². The fourth-order valence-corrected chi connectivity index (χ4v) is 9.64. The fourth-order valence-electron chi connectivity index (χ4n) is 9.64. The molecule has 33 heavy (non-hydrogen) atoms. The van der Waals surface area contributed by atoms with Gasteiger partial charge in [-0.3, -0.25) is 4.79 Å². The van der Waals surface area contributed by atoms with Crippen LogP contribution >= 0.6 is 0 Å². The first-order valence-electron chi connectivity index (χ1n) is 14.9. The molecule has 0 N–H and O–H groups in total. The lowest BCUT2D eigenvalue weighted by Crippen LogP contribution is -2.50. The van der Waals surface area contributed by atoms with Crippen LogP contribution in [0.5, 0.6) is 0 Å². The molecule has 0 aromatic carbocycles. The van der Waals surface area contributed by atoms with Crippen molar-refractivity contribution in [3.63, 3.8) is 0 Å². The lowest BCUT2D eigenvalue weighted by Gasteiger charge is -2.58. The van der Waals surface area contributed by atoms with E-state index in [2.05, 4.69) is 47.6 Å². The minimum atomic E-state index is 0.426. The van der Waals surface area contributed by atoms with Crippen molar-refractivity contribution in [2.24, 2.45) is 52.3 Å². The Labute approximate surface area is 206 Å². The molecule has 3 saturated carbocycles. The molecule has 0 saturated heterocycles. The summed E-state index contributed by atoms with van der Waals surface area (Å²) in [6, 6.07) is 0. The van der Waals surface area contributed by atoms with Gasteiger partial charge in [-0.2, -0.15) is 0 Å². The summed E-state index contributed by atoms with van der Waals surface area (Å²) in [5, 5.41) is 0. The van der Waals surface area contributed by atoms with Crippen molar-refractivity contribution >= 4 is 5.78 Å². The van der Waals surface area contributed by atoms with Crippen molar-refractivity contribution in [1.29, 1.82) is 0 Å². The topological polar surface area (TPSA) is 17.1 Å². The summed E-state index contributed by atoms with van der Waals surface area (Å²) in [4.78, 5) is 12.3. The zero-order chi connectivity index (χ0) is 23.8. The van der Waals surface area contributed by atoms with Crippen molar-refractivity contribution in [2.75, 3.05) is 0 Å². The molecule has 4 unspecified atom stereocenters.